The van der Waals surface area contributed by atoms with Crippen LogP contribution >= 0.6 is 0 Å². The second-order valence-corrected chi connectivity index (χ2v) is 6.83. The standard InChI is InChI=1S/C21H26N4O5/c26-19(23-15-16-5-3-12-30-16)17-6-1-2-7-18(17)24-21(28)20(27)22-8-4-9-25-10-13-29-14-11-25/h1-3,5-7,12H,4,8-11,13-15H2,(H,22,27)(H,23,26)(H,24,28). The quantitative estimate of drug-likeness (QED) is 0.439. The van der Waals surface area contributed by atoms with Crippen molar-refractivity contribution in [2.24, 2.45) is 0 Å². The van der Waals surface area contributed by atoms with Gasteiger partial charge >= 0.3 is 11.8 Å². The van der Waals surface area contributed by atoms with Gasteiger partial charge in [0.05, 0.1) is 37.3 Å². The first kappa shape index (κ1) is 21.5. The Balaban J connectivity index is 1.45. The Kier molecular flexibility index (Phi) is 7.99. The van der Waals surface area contributed by atoms with E-state index in [1.54, 1.807) is 36.4 Å². The van der Waals surface area contributed by atoms with Crippen LogP contribution in [0.4, 0.5) is 5.69 Å². The van der Waals surface area contributed by atoms with E-state index in [1.807, 2.05) is 0 Å². The van der Waals surface area contributed by atoms with E-state index in [4.69, 9.17) is 9.15 Å². The lowest BCUT2D eigenvalue weighted by molar-refractivity contribution is -0.136. The number of rotatable bonds is 8. The number of nitrogens with one attached hydrogen (secondary N) is 3. The highest BCUT2D eigenvalue weighted by Crippen LogP contribution is 2.15. The van der Waals surface area contributed by atoms with Crippen LogP contribution in [0.3, 0.4) is 0 Å². The molecule has 0 bridgehead atoms. The SMILES string of the molecule is O=C(NCCCN1CCOCC1)C(=O)Nc1ccccc1C(=O)NCc1ccco1. The first-order valence-electron chi connectivity index (χ1n) is 9.92. The van der Waals surface area contributed by atoms with Gasteiger partial charge < -0.3 is 25.1 Å². The largest absolute Gasteiger partial charge is 0.467 e. The molecule has 3 N–H and O–H groups in total. The Labute approximate surface area is 174 Å². The highest BCUT2D eigenvalue weighted by atomic mass is 16.5. The molecule has 1 aliphatic heterocycles. The van der Waals surface area contributed by atoms with Crippen LogP contribution in [0, 0.1) is 0 Å². The lowest BCUT2D eigenvalue weighted by atomic mass is 10.1. The minimum atomic E-state index is -0.812. The van der Waals surface area contributed by atoms with Crippen LogP contribution in [-0.4, -0.2) is 62.0 Å². The van der Waals surface area contributed by atoms with Gasteiger partial charge in [0.1, 0.15) is 5.76 Å². The first-order valence-corrected chi connectivity index (χ1v) is 9.92. The molecule has 2 heterocycles. The number of furan rings is 1. The summed E-state index contributed by atoms with van der Waals surface area (Å²) in [5.74, 6) is -1.31. The molecule has 0 aliphatic carbocycles. The van der Waals surface area contributed by atoms with Crippen LogP contribution in [0.15, 0.2) is 47.1 Å². The predicted octanol–water partition coefficient (Wildman–Crippen LogP) is 0.987. The number of anilines is 1. The number of hydrogen-bond donors (Lipinski definition) is 3. The minimum absolute atomic E-state index is 0.220. The molecular formula is C21H26N4O5. The number of para-hydroxylation sites is 1. The number of carbonyl (C=O) groups excluding carboxylic acids is 3. The van der Waals surface area contributed by atoms with E-state index in [0.29, 0.717) is 12.3 Å². The Morgan fingerprint density at radius 3 is 2.53 bits per heavy atom. The van der Waals surface area contributed by atoms with Crippen LogP contribution < -0.4 is 16.0 Å². The van der Waals surface area contributed by atoms with Crippen LogP contribution in [0.5, 0.6) is 0 Å². The number of amides is 3. The molecule has 0 atom stereocenters. The molecule has 0 spiro atoms. The molecule has 1 aromatic carbocycles. The van der Waals surface area contributed by atoms with Gasteiger partial charge in [0.25, 0.3) is 5.91 Å². The van der Waals surface area contributed by atoms with Crippen LogP contribution in [0.25, 0.3) is 0 Å². The topological polar surface area (TPSA) is 113 Å². The van der Waals surface area contributed by atoms with E-state index in [1.165, 1.54) is 6.26 Å². The number of morpholine rings is 1. The van der Waals surface area contributed by atoms with Gasteiger partial charge in [0.15, 0.2) is 0 Å². The number of ether oxygens (including phenoxy) is 1. The molecule has 3 amide bonds. The zero-order chi connectivity index (χ0) is 21.2. The zero-order valence-corrected chi connectivity index (χ0v) is 16.7. The highest BCUT2D eigenvalue weighted by Gasteiger charge is 2.18. The monoisotopic (exact) mass is 414 g/mol. The van der Waals surface area contributed by atoms with E-state index in [2.05, 4.69) is 20.9 Å². The maximum atomic E-state index is 12.5. The van der Waals surface area contributed by atoms with Gasteiger partial charge in [-0.15, -0.1) is 0 Å². The molecule has 0 radical (unpaired) electrons. The summed E-state index contributed by atoms with van der Waals surface area (Å²) in [6.07, 6.45) is 2.26. The molecule has 9 heteroatoms. The number of carbonyl (C=O) groups is 3. The smallest absolute Gasteiger partial charge is 0.313 e. The summed E-state index contributed by atoms with van der Waals surface area (Å²) in [6.45, 7) is 4.67. The number of benzene rings is 1. The van der Waals surface area contributed by atoms with Crippen molar-refractivity contribution in [2.75, 3.05) is 44.7 Å². The van der Waals surface area contributed by atoms with Gasteiger partial charge in [-0.3, -0.25) is 19.3 Å². The van der Waals surface area contributed by atoms with Crippen molar-refractivity contribution in [3.63, 3.8) is 0 Å². The second-order valence-electron chi connectivity index (χ2n) is 6.83. The summed E-state index contributed by atoms with van der Waals surface area (Å²) in [7, 11) is 0. The molecule has 0 saturated carbocycles. The van der Waals surface area contributed by atoms with Crippen molar-refractivity contribution < 1.29 is 23.5 Å². The number of nitrogens with zero attached hydrogens (tertiary/aromatic N) is 1. The third kappa shape index (κ3) is 6.43. The van der Waals surface area contributed by atoms with E-state index in [0.717, 1.165) is 39.3 Å². The lowest BCUT2D eigenvalue weighted by Gasteiger charge is -2.26. The van der Waals surface area contributed by atoms with Gasteiger partial charge in [-0.2, -0.15) is 0 Å². The van der Waals surface area contributed by atoms with Gasteiger partial charge in [-0.1, -0.05) is 12.1 Å². The summed E-state index contributed by atoms with van der Waals surface area (Å²) in [4.78, 5) is 39.0. The Hall–Kier alpha value is -3.17. The number of hydrogen-bond acceptors (Lipinski definition) is 6. The van der Waals surface area contributed by atoms with Crippen LogP contribution in [0.1, 0.15) is 22.5 Å². The third-order valence-electron chi connectivity index (χ3n) is 4.67. The fourth-order valence-corrected chi connectivity index (χ4v) is 3.05. The summed E-state index contributed by atoms with van der Waals surface area (Å²) >= 11 is 0. The van der Waals surface area contributed by atoms with Gasteiger partial charge in [-0.25, -0.2) is 0 Å². The van der Waals surface area contributed by atoms with Crippen molar-refractivity contribution in [3.05, 3.63) is 54.0 Å². The maximum absolute atomic E-state index is 12.5. The molecule has 1 aromatic heterocycles. The second kappa shape index (κ2) is 11.1. The average Bonchev–Trinajstić information content (AvgIpc) is 3.29. The van der Waals surface area contributed by atoms with Crippen molar-refractivity contribution >= 4 is 23.4 Å². The normalized spacial score (nSPS) is 14.1. The van der Waals surface area contributed by atoms with Gasteiger partial charge in [0.2, 0.25) is 0 Å². The maximum Gasteiger partial charge on any atom is 0.313 e. The first-order chi connectivity index (χ1) is 14.6. The van der Waals surface area contributed by atoms with Crippen LogP contribution in [0.2, 0.25) is 0 Å². The predicted molar refractivity (Wildman–Crippen MR) is 110 cm³/mol. The highest BCUT2D eigenvalue weighted by molar-refractivity contribution is 6.40. The van der Waals surface area contributed by atoms with Crippen molar-refractivity contribution in [1.29, 1.82) is 0 Å². The molecule has 0 unspecified atom stereocenters. The molecule has 1 saturated heterocycles. The van der Waals surface area contributed by atoms with Gasteiger partial charge in [0, 0.05) is 19.6 Å². The Morgan fingerprint density at radius 2 is 1.77 bits per heavy atom. The van der Waals surface area contributed by atoms with Crippen LogP contribution in [-0.2, 0) is 20.9 Å². The zero-order valence-electron chi connectivity index (χ0n) is 16.7. The molecule has 2 aromatic rings. The lowest BCUT2D eigenvalue weighted by Crippen LogP contribution is -2.40. The van der Waals surface area contributed by atoms with Gasteiger partial charge in [-0.05, 0) is 37.2 Å². The molecule has 30 heavy (non-hydrogen) atoms. The third-order valence-corrected chi connectivity index (χ3v) is 4.67. The molecule has 1 aliphatic rings. The van der Waals surface area contributed by atoms with Crippen molar-refractivity contribution in [1.82, 2.24) is 15.5 Å². The summed E-state index contributed by atoms with van der Waals surface area (Å²) < 4.78 is 10.5. The molecule has 1 fully saturated rings. The Morgan fingerprint density at radius 1 is 0.967 bits per heavy atom. The van der Waals surface area contributed by atoms with E-state index in [9.17, 15) is 14.4 Å². The molecule has 160 valence electrons. The van der Waals surface area contributed by atoms with E-state index >= 15 is 0 Å². The van der Waals surface area contributed by atoms with E-state index < -0.39 is 11.8 Å². The van der Waals surface area contributed by atoms with E-state index in [-0.39, 0.29) is 23.7 Å². The summed E-state index contributed by atoms with van der Waals surface area (Å²) in [5.41, 5.74) is 0.528. The Bertz CT molecular complexity index is 847. The van der Waals surface area contributed by atoms with Crippen molar-refractivity contribution in [2.45, 2.75) is 13.0 Å². The summed E-state index contributed by atoms with van der Waals surface area (Å²) in [5, 5.41) is 7.84. The summed E-state index contributed by atoms with van der Waals surface area (Å²) in [6, 6.07) is 9.99. The van der Waals surface area contributed by atoms with Crippen molar-refractivity contribution in [3.8, 4) is 0 Å². The minimum Gasteiger partial charge on any atom is -0.467 e. The fraction of sp³-hybridized carbons (Fsp3) is 0.381. The fourth-order valence-electron chi connectivity index (χ4n) is 3.05. The molecule has 9 nitrogen and oxygen atoms in total. The average molecular weight is 414 g/mol. The molecular weight excluding hydrogens is 388 g/mol. The molecule has 3 rings (SSSR count).